The number of phosphoric ester groups is 1. The van der Waals surface area contributed by atoms with Crippen LogP contribution in [-0.4, -0.2) is 41.0 Å². The van der Waals surface area contributed by atoms with Gasteiger partial charge in [0.1, 0.15) is 6.61 Å². The summed E-state index contributed by atoms with van der Waals surface area (Å²) in [6.45, 7) is 3.57. The number of ether oxygens (including phenoxy) is 2. The van der Waals surface area contributed by atoms with Gasteiger partial charge >= 0.3 is 19.8 Å². The smallest absolute Gasteiger partial charge is 0.462 e. The summed E-state index contributed by atoms with van der Waals surface area (Å²) in [5.41, 5.74) is 0. The fourth-order valence-electron chi connectivity index (χ4n) is 4.00. The lowest BCUT2D eigenvalue weighted by atomic mass is 10.1. The van der Waals surface area contributed by atoms with Crippen LogP contribution in [0.4, 0.5) is 0 Å². The first-order valence-corrected chi connectivity index (χ1v) is 16.5. The molecule has 0 aliphatic heterocycles. The number of esters is 2. The molecule has 0 saturated heterocycles. The molecule has 0 unspecified atom stereocenters. The van der Waals surface area contributed by atoms with Crippen LogP contribution < -0.4 is 0 Å². The van der Waals surface area contributed by atoms with Crippen LogP contribution in [-0.2, 0) is 28.2 Å². The van der Waals surface area contributed by atoms with Gasteiger partial charge < -0.3 is 19.3 Å². The first kappa shape index (κ1) is 36.8. The van der Waals surface area contributed by atoms with Crippen molar-refractivity contribution in [2.24, 2.45) is 0 Å². The maximum atomic E-state index is 12.2. The van der Waals surface area contributed by atoms with Gasteiger partial charge in [0.15, 0.2) is 6.10 Å². The molecule has 0 fully saturated rings. The van der Waals surface area contributed by atoms with E-state index in [0.29, 0.717) is 6.42 Å². The van der Waals surface area contributed by atoms with Crippen LogP contribution in [0.15, 0.2) is 12.2 Å². The minimum atomic E-state index is -4.73. The molecule has 2 N–H and O–H groups in total. The molecule has 0 amide bonds. The molecule has 0 heterocycles. The van der Waals surface area contributed by atoms with E-state index in [0.717, 1.165) is 57.8 Å². The number of rotatable bonds is 27. The lowest BCUT2D eigenvalue weighted by Crippen LogP contribution is -2.29. The summed E-state index contributed by atoms with van der Waals surface area (Å²) < 4.78 is 26.0. The predicted octanol–water partition coefficient (Wildman–Crippen LogP) is 7.95. The summed E-state index contributed by atoms with van der Waals surface area (Å²) in [5.74, 6) is -0.900. The Morgan fingerprint density at radius 1 is 0.658 bits per heavy atom. The van der Waals surface area contributed by atoms with E-state index in [9.17, 15) is 14.2 Å². The molecule has 0 aliphatic rings. The molecule has 38 heavy (non-hydrogen) atoms. The zero-order valence-corrected chi connectivity index (χ0v) is 25.0. The molecule has 0 aromatic carbocycles. The van der Waals surface area contributed by atoms with E-state index in [1.165, 1.54) is 51.4 Å². The van der Waals surface area contributed by atoms with Gasteiger partial charge in [-0.2, -0.15) is 0 Å². The normalized spacial score (nSPS) is 12.6. The van der Waals surface area contributed by atoms with Gasteiger partial charge in [0.2, 0.25) is 0 Å². The molecule has 0 spiro atoms. The summed E-state index contributed by atoms with van der Waals surface area (Å²) in [7, 11) is -4.73. The fourth-order valence-corrected chi connectivity index (χ4v) is 4.36. The van der Waals surface area contributed by atoms with Gasteiger partial charge in [-0.25, -0.2) is 4.57 Å². The van der Waals surface area contributed by atoms with Gasteiger partial charge in [0.25, 0.3) is 0 Å². The number of unbranched alkanes of at least 4 members (excludes halogenated alkanes) is 15. The van der Waals surface area contributed by atoms with Crippen molar-refractivity contribution in [2.45, 2.75) is 148 Å². The van der Waals surface area contributed by atoms with Crippen LogP contribution in [0.2, 0.25) is 0 Å². The third-order valence-corrected chi connectivity index (χ3v) is 6.77. The second-order valence-electron chi connectivity index (χ2n) is 10.1. The second kappa shape index (κ2) is 26.0. The third kappa shape index (κ3) is 27.8. The first-order chi connectivity index (χ1) is 18.3. The van der Waals surface area contributed by atoms with Gasteiger partial charge in [-0.05, 0) is 32.1 Å². The largest absolute Gasteiger partial charge is 0.469 e. The van der Waals surface area contributed by atoms with Gasteiger partial charge in [0, 0.05) is 12.8 Å². The van der Waals surface area contributed by atoms with Crippen molar-refractivity contribution in [3.05, 3.63) is 12.2 Å². The van der Waals surface area contributed by atoms with Crippen LogP contribution in [0.1, 0.15) is 142 Å². The molecule has 0 aliphatic carbocycles. The number of carbonyl (C=O) groups is 2. The number of hydrogen-bond donors (Lipinski definition) is 2. The highest BCUT2D eigenvalue weighted by Gasteiger charge is 2.22. The molecule has 224 valence electrons. The zero-order valence-electron chi connectivity index (χ0n) is 24.1. The Hall–Kier alpha value is -1.21. The van der Waals surface area contributed by atoms with Gasteiger partial charge in [-0.1, -0.05) is 109 Å². The fraction of sp³-hybridized carbons (Fsp3) is 0.862. The summed E-state index contributed by atoms with van der Waals surface area (Å²) in [6.07, 6.45) is 23.7. The molecule has 0 radical (unpaired) electrons. The van der Waals surface area contributed by atoms with Crippen LogP contribution in [0, 0.1) is 0 Å². The van der Waals surface area contributed by atoms with E-state index in [4.69, 9.17) is 19.3 Å². The van der Waals surface area contributed by atoms with Crippen molar-refractivity contribution in [2.75, 3.05) is 13.2 Å². The van der Waals surface area contributed by atoms with Crippen molar-refractivity contribution < 1.29 is 37.9 Å². The Morgan fingerprint density at radius 3 is 1.68 bits per heavy atom. The lowest BCUT2D eigenvalue weighted by Gasteiger charge is -2.18. The third-order valence-electron chi connectivity index (χ3n) is 6.28. The minimum absolute atomic E-state index is 0.204. The highest BCUT2D eigenvalue weighted by atomic mass is 31.2. The molecule has 0 saturated carbocycles. The Balaban J connectivity index is 4.08. The lowest BCUT2D eigenvalue weighted by molar-refractivity contribution is -0.161. The van der Waals surface area contributed by atoms with E-state index < -0.39 is 32.5 Å². The molecular formula is C29H55O8P. The van der Waals surface area contributed by atoms with Crippen molar-refractivity contribution in [3.63, 3.8) is 0 Å². The molecular weight excluding hydrogens is 507 g/mol. The molecule has 0 aromatic heterocycles. The molecule has 1 atom stereocenters. The predicted molar refractivity (Wildman–Crippen MR) is 152 cm³/mol. The quantitative estimate of drug-likeness (QED) is 0.0448. The maximum Gasteiger partial charge on any atom is 0.469 e. The maximum absolute atomic E-state index is 12.2. The van der Waals surface area contributed by atoms with Gasteiger partial charge in [-0.15, -0.1) is 0 Å². The van der Waals surface area contributed by atoms with Crippen molar-refractivity contribution >= 4 is 19.8 Å². The first-order valence-electron chi connectivity index (χ1n) is 15.0. The Kier molecular flexibility index (Phi) is 25.2. The van der Waals surface area contributed by atoms with E-state index >= 15 is 0 Å². The second-order valence-corrected chi connectivity index (χ2v) is 11.3. The summed E-state index contributed by atoms with van der Waals surface area (Å²) in [4.78, 5) is 42.2. The average Bonchev–Trinajstić information content (AvgIpc) is 2.87. The number of allylic oxidation sites excluding steroid dienone is 2. The van der Waals surface area contributed by atoms with Crippen molar-refractivity contribution in [1.29, 1.82) is 0 Å². The standard InChI is InChI=1S/C29H55O8P/c1-3-5-7-9-11-13-14-16-18-20-22-24-29(31)37-27(26-36-38(32,33)34)25-35-28(30)23-21-19-17-15-12-10-8-6-4-2/h9,11,27H,3-8,10,12-26H2,1-2H3,(H2,32,33,34)/b11-9+/t27-/m1/s1. The minimum Gasteiger partial charge on any atom is -0.462 e. The van der Waals surface area contributed by atoms with Gasteiger partial charge in [0.05, 0.1) is 6.61 Å². The van der Waals surface area contributed by atoms with Crippen LogP contribution in [0.5, 0.6) is 0 Å². The summed E-state index contributed by atoms with van der Waals surface area (Å²) >= 11 is 0. The Bertz CT molecular complexity index is 646. The SMILES string of the molecule is CCCC/C=C/CCCCCCCC(=O)O[C@H](COC(=O)CCCCCCCCCCC)COP(=O)(O)O. The molecule has 0 aromatic rings. The highest BCUT2D eigenvalue weighted by Crippen LogP contribution is 2.35. The Labute approximate surface area is 231 Å². The highest BCUT2D eigenvalue weighted by molar-refractivity contribution is 7.46. The average molecular weight is 563 g/mol. The molecule has 9 heteroatoms. The number of carbonyl (C=O) groups excluding carboxylic acids is 2. The van der Waals surface area contributed by atoms with Crippen LogP contribution in [0.25, 0.3) is 0 Å². The van der Waals surface area contributed by atoms with Crippen LogP contribution in [0.3, 0.4) is 0 Å². The molecule has 0 bridgehead atoms. The summed E-state index contributed by atoms with van der Waals surface area (Å²) in [6, 6.07) is 0. The monoisotopic (exact) mass is 562 g/mol. The number of phosphoric acid groups is 1. The van der Waals surface area contributed by atoms with E-state index in [2.05, 4.69) is 30.5 Å². The molecule has 8 nitrogen and oxygen atoms in total. The Morgan fingerprint density at radius 2 is 1.13 bits per heavy atom. The van der Waals surface area contributed by atoms with E-state index in [1.807, 2.05) is 0 Å². The van der Waals surface area contributed by atoms with Crippen LogP contribution >= 0.6 is 7.82 Å². The topological polar surface area (TPSA) is 119 Å². The number of hydrogen-bond acceptors (Lipinski definition) is 6. The van der Waals surface area contributed by atoms with Crippen molar-refractivity contribution in [3.8, 4) is 0 Å². The van der Waals surface area contributed by atoms with Crippen molar-refractivity contribution in [1.82, 2.24) is 0 Å². The summed E-state index contributed by atoms with van der Waals surface area (Å²) in [5, 5.41) is 0. The van der Waals surface area contributed by atoms with Gasteiger partial charge in [-0.3, -0.25) is 14.1 Å². The van der Waals surface area contributed by atoms with E-state index in [1.54, 1.807) is 0 Å². The van der Waals surface area contributed by atoms with E-state index in [-0.39, 0.29) is 19.4 Å². The molecule has 0 rings (SSSR count). The zero-order chi connectivity index (χ0) is 28.3.